The molecule has 0 radical (unpaired) electrons. The van der Waals surface area contributed by atoms with Crippen LogP contribution in [0, 0.1) is 10.1 Å². The number of hydrogen-bond acceptors (Lipinski definition) is 7. The van der Waals surface area contributed by atoms with Crippen LogP contribution in [0.25, 0.3) is 9.88 Å². The van der Waals surface area contributed by atoms with Gasteiger partial charge in [0.15, 0.2) is 0 Å². The molecule has 10 heteroatoms. The number of thiophene rings is 1. The van der Waals surface area contributed by atoms with Crippen molar-refractivity contribution in [1.29, 1.82) is 0 Å². The molecule has 134 valence electrons. The van der Waals surface area contributed by atoms with Gasteiger partial charge in [0.05, 0.1) is 15.5 Å². The molecule has 3 rings (SSSR count). The molecule has 0 bridgehead atoms. The van der Waals surface area contributed by atoms with Gasteiger partial charge in [-0.1, -0.05) is 31.0 Å². The van der Waals surface area contributed by atoms with Gasteiger partial charge >= 0.3 is 6.03 Å². The zero-order chi connectivity index (χ0) is 18.7. The van der Waals surface area contributed by atoms with E-state index in [1.165, 1.54) is 23.5 Å². The molecule has 1 aromatic carbocycles. The molecule has 2 N–H and O–H groups in total. The van der Waals surface area contributed by atoms with Crippen molar-refractivity contribution in [3.63, 3.8) is 0 Å². The summed E-state index contributed by atoms with van der Waals surface area (Å²) in [5.74, 6) is -0.300. The Hall–Kier alpha value is -2.43. The molecule has 0 fully saturated rings. The monoisotopic (exact) mass is 406 g/mol. The van der Waals surface area contributed by atoms with Crippen LogP contribution in [-0.4, -0.2) is 26.8 Å². The number of nitrogens with zero attached hydrogens (tertiary/aromatic N) is 3. The van der Waals surface area contributed by atoms with E-state index in [1.807, 2.05) is 22.9 Å². The van der Waals surface area contributed by atoms with E-state index < -0.39 is 11.0 Å². The summed E-state index contributed by atoms with van der Waals surface area (Å²) in [6, 6.07) is 9.46. The molecule has 26 heavy (non-hydrogen) atoms. The molecule has 0 aliphatic rings. The van der Waals surface area contributed by atoms with Gasteiger partial charge in [0.25, 0.3) is 5.69 Å². The molecular weight excluding hydrogens is 392 g/mol. The SMILES string of the molecule is NC(=O)N(S)CC(c1ccc([N+](=O)[O-])cc1)c1csc(-c2cccs2)n1. The van der Waals surface area contributed by atoms with E-state index in [4.69, 9.17) is 5.73 Å². The highest BCUT2D eigenvalue weighted by atomic mass is 32.1. The van der Waals surface area contributed by atoms with Crippen LogP contribution in [0.3, 0.4) is 0 Å². The second kappa shape index (κ2) is 7.85. The number of rotatable bonds is 6. The maximum absolute atomic E-state index is 11.4. The number of non-ortho nitro benzene ring substituents is 1. The van der Waals surface area contributed by atoms with Gasteiger partial charge in [-0.05, 0) is 17.0 Å². The number of thiol groups is 1. The van der Waals surface area contributed by atoms with Crippen molar-refractivity contribution in [3.05, 3.63) is 68.5 Å². The Morgan fingerprint density at radius 1 is 1.31 bits per heavy atom. The first-order valence-corrected chi connectivity index (χ1v) is 9.61. The number of hydrogen-bond donors (Lipinski definition) is 2. The second-order valence-corrected chi connectivity index (χ2v) is 7.67. The first-order valence-electron chi connectivity index (χ1n) is 7.45. The molecule has 0 saturated heterocycles. The lowest BCUT2D eigenvalue weighted by atomic mass is 9.96. The van der Waals surface area contributed by atoms with Crippen molar-refractivity contribution in [2.24, 2.45) is 5.73 Å². The average Bonchev–Trinajstić information content (AvgIpc) is 3.30. The summed E-state index contributed by atoms with van der Waals surface area (Å²) < 4.78 is 1.11. The summed E-state index contributed by atoms with van der Waals surface area (Å²) in [7, 11) is 0. The second-order valence-electron chi connectivity index (χ2n) is 5.38. The fourth-order valence-corrected chi connectivity index (χ4v) is 4.27. The van der Waals surface area contributed by atoms with E-state index >= 15 is 0 Å². The molecule has 0 aliphatic carbocycles. The third kappa shape index (κ3) is 4.03. The van der Waals surface area contributed by atoms with Crippen LogP contribution in [0.15, 0.2) is 47.2 Å². The Labute approximate surface area is 162 Å². The van der Waals surface area contributed by atoms with Crippen LogP contribution in [-0.2, 0) is 0 Å². The first-order chi connectivity index (χ1) is 12.5. The largest absolute Gasteiger partial charge is 0.351 e. The lowest BCUT2D eigenvalue weighted by Crippen LogP contribution is -2.31. The van der Waals surface area contributed by atoms with Gasteiger partial charge in [0, 0.05) is 30.0 Å². The van der Waals surface area contributed by atoms with Crippen LogP contribution in [0.1, 0.15) is 17.2 Å². The first kappa shape index (κ1) is 18.4. The highest BCUT2D eigenvalue weighted by Crippen LogP contribution is 2.33. The summed E-state index contributed by atoms with van der Waals surface area (Å²) in [6.07, 6.45) is 0. The number of nitro groups is 1. The molecule has 2 heterocycles. The van der Waals surface area contributed by atoms with Gasteiger partial charge in [-0.3, -0.25) is 14.4 Å². The number of nitro benzene ring substituents is 1. The molecule has 3 aromatic rings. The lowest BCUT2D eigenvalue weighted by molar-refractivity contribution is -0.384. The van der Waals surface area contributed by atoms with E-state index in [9.17, 15) is 14.9 Å². The number of thiazole rings is 1. The molecule has 0 aliphatic heterocycles. The average molecular weight is 407 g/mol. The summed E-state index contributed by atoms with van der Waals surface area (Å²) in [5.41, 5.74) is 6.84. The zero-order valence-electron chi connectivity index (χ0n) is 13.3. The molecular formula is C16H14N4O3S3. The van der Waals surface area contributed by atoms with Gasteiger partial charge in [-0.2, -0.15) is 0 Å². The molecule has 1 atom stereocenters. The quantitative estimate of drug-likeness (QED) is 0.365. The normalized spacial score (nSPS) is 11.9. The Morgan fingerprint density at radius 2 is 2.04 bits per heavy atom. The van der Waals surface area contributed by atoms with E-state index in [0.717, 1.165) is 25.4 Å². The highest BCUT2D eigenvalue weighted by molar-refractivity contribution is 7.78. The standard InChI is InChI=1S/C16H14N4O3S3/c17-16(21)19(24)8-12(10-3-5-11(6-4-10)20(22)23)13-9-26-15(18-13)14-2-1-7-25-14/h1-7,9,12,24H,8H2,(H2,17,21). The number of aromatic nitrogens is 1. The minimum atomic E-state index is -0.672. The topological polar surface area (TPSA) is 102 Å². The Bertz CT molecular complexity index is 909. The van der Waals surface area contributed by atoms with Gasteiger partial charge in [0.2, 0.25) is 0 Å². The van der Waals surface area contributed by atoms with E-state index in [-0.39, 0.29) is 18.2 Å². The van der Waals surface area contributed by atoms with Crippen LogP contribution in [0.2, 0.25) is 0 Å². The van der Waals surface area contributed by atoms with E-state index in [1.54, 1.807) is 23.5 Å². The van der Waals surface area contributed by atoms with Gasteiger partial charge in [0.1, 0.15) is 5.01 Å². The predicted octanol–water partition coefficient (Wildman–Crippen LogP) is 4.14. The van der Waals surface area contributed by atoms with Crippen LogP contribution in [0.5, 0.6) is 0 Å². The summed E-state index contributed by atoms with van der Waals surface area (Å²) >= 11 is 7.21. The number of benzene rings is 1. The number of carbonyl (C=O) groups excluding carboxylic acids is 1. The smallest absolute Gasteiger partial charge is 0.324 e. The van der Waals surface area contributed by atoms with Crippen LogP contribution < -0.4 is 5.73 Å². The van der Waals surface area contributed by atoms with Crippen LogP contribution >= 0.6 is 35.5 Å². The third-order valence-corrected chi connectivity index (χ3v) is 5.99. The molecule has 7 nitrogen and oxygen atoms in total. The maximum Gasteiger partial charge on any atom is 0.324 e. The number of primary amides is 1. The molecule has 0 saturated carbocycles. The Morgan fingerprint density at radius 3 is 2.62 bits per heavy atom. The minimum Gasteiger partial charge on any atom is -0.351 e. The van der Waals surface area contributed by atoms with Crippen molar-refractivity contribution in [1.82, 2.24) is 9.29 Å². The fourth-order valence-electron chi connectivity index (χ4n) is 2.42. The minimum absolute atomic E-state index is 0.00248. The molecule has 2 aromatic heterocycles. The number of urea groups is 1. The fraction of sp³-hybridized carbons (Fsp3) is 0.125. The number of nitrogens with two attached hydrogens (primary N) is 1. The summed E-state index contributed by atoms with van der Waals surface area (Å²) in [4.78, 5) is 27.6. The molecule has 2 amide bonds. The Balaban J connectivity index is 1.95. The van der Waals surface area contributed by atoms with Crippen molar-refractivity contribution in [2.75, 3.05) is 6.54 Å². The van der Waals surface area contributed by atoms with Crippen molar-refractivity contribution in [3.8, 4) is 9.88 Å². The molecule has 0 spiro atoms. The lowest BCUT2D eigenvalue weighted by Gasteiger charge is -2.21. The van der Waals surface area contributed by atoms with Crippen molar-refractivity contribution < 1.29 is 9.72 Å². The van der Waals surface area contributed by atoms with Gasteiger partial charge in [-0.25, -0.2) is 9.78 Å². The summed E-state index contributed by atoms with van der Waals surface area (Å²) in [5, 5.41) is 15.6. The summed E-state index contributed by atoms with van der Waals surface area (Å²) in [6.45, 7) is 0.198. The van der Waals surface area contributed by atoms with E-state index in [2.05, 4.69) is 17.8 Å². The number of amides is 2. The van der Waals surface area contributed by atoms with Crippen LogP contribution in [0.4, 0.5) is 10.5 Å². The third-order valence-electron chi connectivity index (χ3n) is 3.73. The highest BCUT2D eigenvalue weighted by Gasteiger charge is 2.23. The maximum atomic E-state index is 11.4. The van der Waals surface area contributed by atoms with Crippen molar-refractivity contribution >= 4 is 47.2 Å². The zero-order valence-corrected chi connectivity index (χ0v) is 15.8. The van der Waals surface area contributed by atoms with E-state index in [0.29, 0.717) is 0 Å². The molecule has 1 unspecified atom stereocenters. The number of carbonyl (C=O) groups is 1. The van der Waals surface area contributed by atoms with Gasteiger partial charge < -0.3 is 5.73 Å². The predicted molar refractivity (Wildman–Crippen MR) is 106 cm³/mol. The Kier molecular flexibility index (Phi) is 5.55. The van der Waals surface area contributed by atoms with Gasteiger partial charge in [-0.15, -0.1) is 22.7 Å². The van der Waals surface area contributed by atoms with Crippen molar-refractivity contribution in [2.45, 2.75) is 5.92 Å².